The van der Waals surface area contributed by atoms with Gasteiger partial charge in [0.25, 0.3) is 0 Å². The van der Waals surface area contributed by atoms with Gasteiger partial charge in [-0.05, 0) is 39.5 Å². The molecule has 2 heterocycles. The minimum Gasteiger partial charge on any atom is -0.480 e. The van der Waals surface area contributed by atoms with Crippen LogP contribution in [0.25, 0.3) is 33.1 Å². The first kappa shape index (κ1) is 15.8. The van der Waals surface area contributed by atoms with Crippen molar-refractivity contribution in [2.24, 2.45) is 0 Å². The van der Waals surface area contributed by atoms with Gasteiger partial charge in [-0.2, -0.15) is 0 Å². The maximum absolute atomic E-state index is 11.9. The number of carboxylic acid groups (broad SMARTS) is 1. The molecule has 0 atom stereocenters. The van der Waals surface area contributed by atoms with Gasteiger partial charge >= 0.3 is 5.97 Å². The zero-order valence-electron chi connectivity index (χ0n) is 13.5. The summed E-state index contributed by atoms with van der Waals surface area (Å²) in [6.45, 7) is -0.361. The van der Waals surface area contributed by atoms with E-state index in [1.807, 2.05) is 42.5 Å². The summed E-state index contributed by atoms with van der Waals surface area (Å²) in [5.74, 6) is -1.44. The summed E-state index contributed by atoms with van der Waals surface area (Å²) >= 11 is 0. The van der Waals surface area contributed by atoms with E-state index in [0.717, 1.165) is 22.0 Å². The van der Waals surface area contributed by atoms with Crippen LogP contribution in [-0.4, -0.2) is 38.4 Å². The van der Waals surface area contributed by atoms with E-state index in [4.69, 9.17) is 9.74 Å². The fraction of sp³-hybridized carbons (Fsp3) is 0.111. The molecule has 130 valence electrons. The third-order valence-electron chi connectivity index (χ3n) is 4.12. The summed E-state index contributed by atoms with van der Waals surface area (Å²) in [6, 6.07) is 13.4. The number of fused-ring (bicyclic) bond motifs is 2. The highest BCUT2D eigenvalue weighted by atomic mass is 16.6. The highest BCUT2D eigenvalue weighted by molar-refractivity contribution is 5.94. The molecular weight excluding hydrogens is 336 g/mol. The molecule has 0 aliphatic heterocycles. The Morgan fingerprint density at radius 3 is 2.88 bits per heavy atom. The monoisotopic (exact) mass is 350 g/mol. The summed E-state index contributed by atoms with van der Waals surface area (Å²) < 4.78 is 6.59. The molecule has 8 heteroatoms. The average molecular weight is 350 g/mol. The van der Waals surface area contributed by atoms with Gasteiger partial charge in [0, 0.05) is 17.3 Å². The normalized spacial score (nSPS) is 11.1. The third-order valence-corrected chi connectivity index (χ3v) is 4.12. The van der Waals surface area contributed by atoms with Gasteiger partial charge in [0.2, 0.25) is 5.91 Å². The molecular formula is C18H14N4O4. The molecule has 2 aromatic heterocycles. The van der Waals surface area contributed by atoms with Crippen molar-refractivity contribution in [3.63, 3.8) is 0 Å². The van der Waals surface area contributed by atoms with E-state index in [1.54, 1.807) is 10.8 Å². The summed E-state index contributed by atoms with van der Waals surface area (Å²) in [4.78, 5) is 22.5. The number of carbonyl (C=O) groups is 2. The molecule has 0 aliphatic carbocycles. The van der Waals surface area contributed by atoms with E-state index in [1.165, 1.54) is 0 Å². The fourth-order valence-electron chi connectivity index (χ4n) is 2.91. The number of benzene rings is 2. The minimum absolute atomic E-state index is 0.0376. The second-order valence-corrected chi connectivity index (χ2v) is 5.83. The highest BCUT2D eigenvalue weighted by Crippen LogP contribution is 2.29. The van der Waals surface area contributed by atoms with Crippen LogP contribution in [-0.2, 0) is 16.1 Å². The molecule has 0 fully saturated rings. The Kier molecular flexibility index (Phi) is 3.85. The van der Waals surface area contributed by atoms with Crippen LogP contribution >= 0.6 is 0 Å². The van der Waals surface area contributed by atoms with E-state index in [-0.39, 0.29) is 12.5 Å². The Hall–Kier alpha value is -3.68. The number of hydrogen-bond acceptors (Lipinski definition) is 5. The van der Waals surface area contributed by atoms with Crippen molar-refractivity contribution in [2.75, 3.05) is 6.54 Å². The van der Waals surface area contributed by atoms with E-state index in [9.17, 15) is 9.59 Å². The van der Waals surface area contributed by atoms with E-state index >= 15 is 0 Å². The topological polar surface area (TPSA) is 110 Å². The number of rotatable bonds is 5. The summed E-state index contributed by atoms with van der Waals surface area (Å²) in [5.41, 5.74) is 4.01. The largest absolute Gasteiger partial charge is 0.480 e. The van der Waals surface area contributed by atoms with Crippen LogP contribution in [0, 0.1) is 0 Å². The lowest BCUT2D eigenvalue weighted by atomic mass is 10.0. The lowest BCUT2D eigenvalue weighted by Crippen LogP contribution is -2.31. The van der Waals surface area contributed by atoms with Gasteiger partial charge in [-0.15, -0.1) is 0 Å². The molecule has 2 N–H and O–H groups in total. The van der Waals surface area contributed by atoms with E-state index in [0.29, 0.717) is 11.0 Å². The van der Waals surface area contributed by atoms with Crippen molar-refractivity contribution in [3.8, 4) is 11.1 Å². The van der Waals surface area contributed by atoms with Gasteiger partial charge in [-0.1, -0.05) is 24.3 Å². The molecule has 0 radical (unpaired) electrons. The molecule has 1 amide bonds. The Morgan fingerprint density at radius 2 is 2.04 bits per heavy atom. The Morgan fingerprint density at radius 1 is 1.15 bits per heavy atom. The standard InChI is InChI=1S/C18H14N4O4/c23-16(19-9-17(24)25)10-22-7-6-11-4-5-12(8-15(11)22)13-2-1-3-14-18(13)21-26-20-14/h1-8H,9-10H2,(H,19,23)(H,24,25). The Bertz CT molecular complexity index is 1130. The van der Waals surface area contributed by atoms with Crippen LogP contribution in [0.2, 0.25) is 0 Å². The number of carbonyl (C=O) groups excluding carboxylic acids is 1. The van der Waals surface area contributed by atoms with Crippen LogP contribution < -0.4 is 5.32 Å². The highest BCUT2D eigenvalue weighted by Gasteiger charge is 2.12. The lowest BCUT2D eigenvalue weighted by molar-refractivity contribution is -0.138. The number of aromatic nitrogens is 3. The fourth-order valence-corrected chi connectivity index (χ4v) is 2.91. The molecule has 0 aliphatic rings. The van der Waals surface area contributed by atoms with Crippen LogP contribution in [0.1, 0.15) is 0 Å². The van der Waals surface area contributed by atoms with Crippen molar-refractivity contribution in [1.82, 2.24) is 20.2 Å². The molecule has 0 spiro atoms. The Balaban J connectivity index is 1.70. The summed E-state index contributed by atoms with van der Waals surface area (Å²) in [6.07, 6.45) is 1.80. The lowest BCUT2D eigenvalue weighted by Gasteiger charge is -2.07. The molecule has 0 saturated carbocycles. The Labute approximate surface area is 147 Å². The van der Waals surface area contributed by atoms with Crippen LogP contribution in [0.15, 0.2) is 53.3 Å². The van der Waals surface area contributed by atoms with Gasteiger partial charge in [0.1, 0.15) is 24.1 Å². The number of nitrogens with one attached hydrogen (secondary N) is 1. The maximum atomic E-state index is 11.9. The van der Waals surface area contributed by atoms with Crippen molar-refractivity contribution in [1.29, 1.82) is 0 Å². The number of amides is 1. The van der Waals surface area contributed by atoms with Crippen LogP contribution in [0.3, 0.4) is 0 Å². The summed E-state index contributed by atoms with van der Waals surface area (Å²) in [7, 11) is 0. The molecule has 2 aromatic carbocycles. The molecule has 26 heavy (non-hydrogen) atoms. The summed E-state index contributed by atoms with van der Waals surface area (Å²) in [5, 5.41) is 19.8. The number of nitrogens with zero attached hydrogens (tertiary/aromatic N) is 3. The van der Waals surface area contributed by atoms with Crippen molar-refractivity contribution in [3.05, 3.63) is 48.7 Å². The van der Waals surface area contributed by atoms with Gasteiger partial charge in [0.05, 0.1) is 0 Å². The van der Waals surface area contributed by atoms with Gasteiger partial charge in [-0.25, -0.2) is 4.63 Å². The molecule has 4 aromatic rings. The average Bonchev–Trinajstić information content (AvgIpc) is 3.26. The quantitative estimate of drug-likeness (QED) is 0.570. The molecule has 8 nitrogen and oxygen atoms in total. The van der Waals surface area contributed by atoms with Crippen molar-refractivity contribution < 1.29 is 19.3 Å². The third kappa shape index (κ3) is 2.88. The van der Waals surface area contributed by atoms with Crippen LogP contribution in [0.5, 0.6) is 0 Å². The predicted molar refractivity (Wildman–Crippen MR) is 93.4 cm³/mol. The number of hydrogen-bond donors (Lipinski definition) is 2. The zero-order valence-corrected chi connectivity index (χ0v) is 13.5. The van der Waals surface area contributed by atoms with Crippen molar-refractivity contribution in [2.45, 2.75) is 6.54 Å². The molecule has 0 saturated heterocycles. The minimum atomic E-state index is -1.08. The SMILES string of the molecule is O=C(O)CNC(=O)Cn1ccc2ccc(-c3cccc4nonc34)cc21. The first-order chi connectivity index (χ1) is 12.6. The van der Waals surface area contributed by atoms with Gasteiger partial charge < -0.3 is 15.0 Å². The molecule has 0 bridgehead atoms. The second-order valence-electron chi connectivity index (χ2n) is 5.83. The van der Waals surface area contributed by atoms with Gasteiger partial charge in [0.15, 0.2) is 0 Å². The first-order valence-corrected chi connectivity index (χ1v) is 7.91. The van der Waals surface area contributed by atoms with E-state index in [2.05, 4.69) is 15.6 Å². The smallest absolute Gasteiger partial charge is 0.322 e. The second kappa shape index (κ2) is 6.32. The van der Waals surface area contributed by atoms with Gasteiger partial charge in [-0.3, -0.25) is 9.59 Å². The number of aliphatic carboxylic acids is 1. The zero-order chi connectivity index (χ0) is 18.1. The predicted octanol–water partition coefficient (Wildman–Crippen LogP) is 2.05. The molecule has 0 unspecified atom stereocenters. The maximum Gasteiger partial charge on any atom is 0.322 e. The molecule has 4 rings (SSSR count). The van der Waals surface area contributed by atoms with E-state index < -0.39 is 12.5 Å². The van der Waals surface area contributed by atoms with Crippen molar-refractivity contribution >= 4 is 33.8 Å². The van der Waals surface area contributed by atoms with Crippen LogP contribution in [0.4, 0.5) is 0 Å². The first-order valence-electron chi connectivity index (χ1n) is 7.91. The number of carboxylic acids is 1.